The number of benzene rings is 2. The van der Waals surface area contributed by atoms with Crippen LogP contribution in [0.15, 0.2) is 48.5 Å². The summed E-state index contributed by atoms with van der Waals surface area (Å²) in [6.45, 7) is 3.34. The molecule has 29 heavy (non-hydrogen) atoms. The quantitative estimate of drug-likeness (QED) is 0.572. The highest BCUT2D eigenvalue weighted by molar-refractivity contribution is 6.22. The normalized spacial score (nSPS) is 13.8. The summed E-state index contributed by atoms with van der Waals surface area (Å²) in [5.41, 5.74) is 2.78. The molecule has 1 aliphatic heterocycles. The molecule has 1 N–H and O–H groups in total. The summed E-state index contributed by atoms with van der Waals surface area (Å²) in [6, 6.07) is 13.1. The standard InChI is InChI=1S/C22H22N2O5/c1-14-7-3-4-8-16(14)11-12-23-19(25)13-29-22(28)15(2)24-20(26)17-9-5-6-10-18(17)21(24)27/h3-10,15H,11-13H2,1-2H3,(H,23,25). The van der Waals surface area contributed by atoms with Gasteiger partial charge in [-0.1, -0.05) is 36.4 Å². The summed E-state index contributed by atoms with van der Waals surface area (Å²) in [4.78, 5) is 49.9. The molecular formula is C22H22N2O5. The maximum atomic E-state index is 12.4. The fraction of sp³-hybridized carbons (Fsp3) is 0.273. The molecule has 7 nitrogen and oxygen atoms in total. The Morgan fingerprint density at radius 1 is 1.00 bits per heavy atom. The van der Waals surface area contributed by atoms with E-state index in [0.717, 1.165) is 16.0 Å². The number of hydrogen-bond acceptors (Lipinski definition) is 5. The van der Waals surface area contributed by atoms with Gasteiger partial charge in [-0.15, -0.1) is 0 Å². The number of ether oxygens (including phenoxy) is 1. The number of nitrogens with one attached hydrogen (secondary N) is 1. The molecule has 0 aromatic heterocycles. The Morgan fingerprint density at radius 3 is 2.21 bits per heavy atom. The summed E-state index contributed by atoms with van der Waals surface area (Å²) >= 11 is 0. The van der Waals surface area contributed by atoms with E-state index in [9.17, 15) is 19.2 Å². The molecule has 2 aromatic carbocycles. The zero-order valence-corrected chi connectivity index (χ0v) is 16.3. The molecule has 7 heteroatoms. The average Bonchev–Trinajstić information content (AvgIpc) is 2.97. The second kappa shape index (κ2) is 8.68. The molecule has 0 fully saturated rings. The highest BCUT2D eigenvalue weighted by atomic mass is 16.5. The van der Waals surface area contributed by atoms with Gasteiger partial charge in [-0.05, 0) is 43.5 Å². The first-order valence-corrected chi connectivity index (χ1v) is 9.35. The van der Waals surface area contributed by atoms with E-state index in [1.807, 2.05) is 31.2 Å². The van der Waals surface area contributed by atoms with Crippen LogP contribution >= 0.6 is 0 Å². The number of hydrogen-bond donors (Lipinski definition) is 1. The van der Waals surface area contributed by atoms with Gasteiger partial charge >= 0.3 is 5.97 Å². The van der Waals surface area contributed by atoms with Gasteiger partial charge in [0.15, 0.2) is 6.61 Å². The minimum Gasteiger partial charge on any atom is -0.454 e. The van der Waals surface area contributed by atoms with Crippen molar-refractivity contribution in [3.8, 4) is 0 Å². The number of fused-ring (bicyclic) bond motifs is 1. The van der Waals surface area contributed by atoms with Crippen LogP contribution in [0.1, 0.15) is 38.8 Å². The van der Waals surface area contributed by atoms with E-state index in [-0.39, 0.29) is 11.1 Å². The summed E-state index contributed by atoms with van der Waals surface area (Å²) in [5.74, 6) is -2.34. The van der Waals surface area contributed by atoms with Crippen LogP contribution < -0.4 is 5.32 Å². The number of amides is 3. The molecule has 1 aliphatic rings. The molecular weight excluding hydrogens is 372 g/mol. The van der Waals surface area contributed by atoms with Gasteiger partial charge in [0.05, 0.1) is 11.1 Å². The molecule has 0 radical (unpaired) electrons. The van der Waals surface area contributed by atoms with E-state index in [4.69, 9.17) is 4.74 Å². The number of carbonyl (C=O) groups is 4. The highest BCUT2D eigenvalue weighted by Crippen LogP contribution is 2.24. The lowest BCUT2D eigenvalue weighted by atomic mass is 10.1. The van der Waals surface area contributed by atoms with Gasteiger partial charge in [0.2, 0.25) is 0 Å². The van der Waals surface area contributed by atoms with E-state index in [1.165, 1.54) is 19.1 Å². The topological polar surface area (TPSA) is 92.8 Å². The third-order valence-electron chi connectivity index (χ3n) is 4.88. The molecule has 150 valence electrons. The lowest BCUT2D eigenvalue weighted by molar-refractivity contribution is -0.151. The maximum Gasteiger partial charge on any atom is 0.329 e. The van der Waals surface area contributed by atoms with E-state index >= 15 is 0 Å². The van der Waals surface area contributed by atoms with Crippen LogP contribution in [-0.2, 0) is 20.7 Å². The van der Waals surface area contributed by atoms with Gasteiger partial charge in [-0.25, -0.2) is 4.79 Å². The van der Waals surface area contributed by atoms with Gasteiger partial charge in [-0.2, -0.15) is 0 Å². The minimum absolute atomic E-state index is 0.256. The van der Waals surface area contributed by atoms with Crippen molar-refractivity contribution in [2.75, 3.05) is 13.2 Å². The molecule has 1 unspecified atom stereocenters. The largest absolute Gasteiger partial charge is 0.454 e. The van der Waals surface area contributed by atoms with Crippen molar-refractivity contribution in [2.45, 2.75) is 26.3 Å². The van der Waals surface area contributed by atoms with Gasteiger partial charge in [0, 0.05) is 6.54 Å². The number of rotatable bonds is 7. The molecule has 1 heterocycles. The lowest BCUT2D eigenvalue weighted by Crippen LogP contribution is -2.44. The summed E-state index contributed by atoms with van der Waals surface area (Å²) in [6.07, 6.45) is 0.664. The van der Waals surface area contributed by atoms with Crippen molar-refractivity contribution in [3.63, 3.8) is 0 Å². The predicted molar refractivity (Wildman–Crippen MR) is 105 cm³/mol. The Balaban J connectivity index is 1.48. The summed E-state index contributed by atoms with van der Waals surface area (Å²) in [7, 11) is 0. The third kappa shape index (κ3) is 4.34. The first kappa shape index (κ1) is 20.3. The molecule has 2 aromatic rings. The molecule has 0 saturated carbocycles. The summed E-state index contributed by atoms with van der Waals surface area (Å²) in [5, 5.41) is 2.69. The van der Waals surface area contributed by atoms with Crippen LogP contribution in [-0.4, -0.2) is 47.8 Å². The van der Waals surface area contributed by atoms with Crippen molar-refractivity contribution in [1.29, 1.82) is 0 Å². The fourth-order valence-corrected chi connectivity index (χ4v) is 3.20. The Labute approximate surface area is 168 Å². The van der Waals surface area contributed by atoms with E-state index < -0.39 is 36.3 Å². The fourth-order valence-electron chi connectivity index (χ4n) is 3.20. The van der Waals surface area contributed by atoms with Crippen LogP contribution in [0.25, 0.3) is 0 Å². The van der Waals surface area contributed by atoms with E-state index in [0.29, 0.717) is 13.0 Å². The predicted octanol–water partition coefficient (Wildman–Crippen LogP) is 1.88. The number of carbonyl (C=O) groups excluding carboxylic acids is 4. The van der Waals surface area contributed by atoms with Crippen LogP contribution in [0.2, 0.25) is 0 Å². The molecule has 0 bridgehead atoms. The van der Waals surface area contributed by atoms with Gasteiger partial charge in [0.1, 0.15) is 6.04 Å². The summed E-state index contributed by atoms with van der Waals surface area (Å²) < 4.78 is 5.00. The van der Waals surface area contributed by atoms with E-state index in [2.05, 4.69) is 5.32 Å². The van der Waals surface area contributed by atoms with E-state index in [1.54, 1.807) is 12.1 Å². The zero-order chi connectivity index (χ0) is 21.0. The lowest BCUT2D eigenvalue weighted by Gasteiger charge is -2.20. The molecule has 0 saturated heterocycles. The Bertz CT molecular complexity index is 934. The van der Waals surface area contributed by atoms with Crippen molar-refractivity contribution in [1.82, 2.24) is 10.2 Å². The zero-order valence-electron chi connectivity index (χ0n) is 16.3. The smallest absolute Gasteiger partial charge is 0.329 e. The second-order valence-corrected chi connectivity index (χ2v) is 6.84. The van der Waals surface area contributed by atoms with Crippen LogP contribution in [0.4, 0.5) is 0 Å². The molecule has 3 amide bonds. The van der Waals surface area contributed by atoms with Crippen LogP contribution in [0.3, 0.4) is 0 Å². The second-order valence-electron chi connectivity index (χ2n) is 6.84. The highest BCUT2D eigenvalue weighted by Gasteiger charge is 2.41. The first-order chi connectivity index (χ1) is 13.9. The maximum absolute atomic E-state index is 12.4. The number of aryl methyl sites for hydroxylation is 1. The SMILES string of the molecule is Cc1ccccc1CCNC(=O)COC(=O)C(C)N1C(=O)c2ccccc2C1=O. The van der Waals surface area contributed by atoms with Crippen molar-refractivity contribution in [3.05, 3.63) is 70.8 Å². The number of imide groups is 1. The monoisotopic (exact) mass is 394 g/mol. The number of nitrogens with zero attached hydrogens (tertiary/aromatic N) is 1. The van der Waals surface area contributed by atoms with Crippen molar-refractivity contribution >= 4 is 23.7 Å². The van der Waals surface area contributed by atoms with Crippen LogP contribution in [0, 0.1) is 6.92 Å². The Morgan fingerprint density at radius 2 is 1.59 bits per heavy atom. The van der Waals surface area contributed by atoms with Crippen LogP contribution in [0.5, 0.6) is 0 Å². The first-order valence-electron chi connectivity index (χ1n) is 9.35. The Kier molecular flexibility index (Phi) is 6.07. The van der Waals surface area contributed by atoms with Gasteiger partial charge < -0.3 is 10.1 Å². The molecule has 0 spiro atoms. The Hall–Kier alpha value is -3.48. The van der Waals surface area contributed by atoms with Crippen molar-refractivity contribution in [2.24, 2.45) is 0 Å². The molecule has 3 rings (SSSR count). The number of esters is 1. The minimum atomic E-state index is -1.12. The van der Waals surface area contributed by atoms with Gasteiger partial charge in [0.25, 0.3) is 17.7 Å². The van der Waals surface area contributed by atoms with Gasteiger partial charge in [-0.3, -0.25) is 19.3 Å². The third-order valence-corrected chi connectivity index (χ3v) is 4.88. The molecule has 0 aliphatic carbocycles. The molecule has 1 atom stereocenters. The average molecular weight is 394 g/mol. The van der Waals surface area contributed by atoms with Crippen molar-refractivity contribution < 1.29 is 23.9 Å².